The number of nitro benzene ring substituents is 1. The summed E-state index contributed by atoms with van der Waals surface area (Å²) in [6.07, 6.45) is 0. The Bertz CT molecular complexity index is 915. The molecule has 25 heavy (non-hydrogen) atoms. The number of amides is 1. The van der Waals surface area contributed by atoms with Crippen molar-refractivity contribution in [2.45, 2.75) is 4.90 Å². The summed E-state index contributed by atoms with van der Waals surface area (Å²) >= 11 is 5.70. The fourth-order valence-electron chi connectivity index (χ4n) is 1.83. The number of nitro groups is 1. The average Bonchev–Trinajstić information content (AvgIpc) is 2.59. The summed E-state index contributed by atoms with van der Waals surface area (Å²) < 4.78 is 29.2. The Morgan fingerprint density at radius 2 is 1.84 bits per heavy atom. The third-order valence-corrected chi connectivity index (χ3v) is 4.56. The number of hydrogen-bond donors (Lipinski definition) is 2. The van der Waals surface area contributed by atoms with Gasteiger partial charge in [-0.3, -0.25) is 20.3 Å². The second kappa shape index (κ2) is 7.47. The summed E-state index contributed by atoms with van der Waals surface area (Å²) in [4.78, 5) is 23.6. The molecule has 0 unspecified atom stereocenters. The van der Waals surface area contributed by atoms with Gasteiger partial charge >= 0.3 is 5.69 Å². The summed E-state index contributed by atoms with van der Waals surface area (Å²) in [5, 5.41) is 11.4. The van der Waals surface area contributed by atoms with Crippen molar-refractivity contribution in [3.63, 3.8) is 0 Å². The minimum Gasteiger partial charge on any atom is -0.490 e. The molecule has 0 fully saturated rings. The highest BCUT2D eigenvalue weighted by Gasteiger charge is 2.22. The van der Waals surface area contributed by atoms with Crippen LogP contribution in [0.2, 0.25) is 5.02 Å². The van der Waals surface area contributed by atoms with E-state index in [4.69, 9.17) is 16.3 Å². The fraction of sp³-hybridized carbons (Fsp3) is 0.0714. The Balaban J connectivity index is 2.19. The Morgan fingerprint density at radius 3 is 2.40 bits per heavy atom. The molecule has 0 aromatic heterocycles. The van der Waals surface area contributed by atoms with Gasteiger partial charge in [-0.1, -0.05) is 11.6 Å². The molecule has 9 nitrogen and oxygen atoms in total. The lowest BCUT2D eigenvalue weighted by molar-refractivity contribution is -0.386. The van der Waals surface area contributed by atoms with Crippen LogP contribution in [0.3, 0.4) is 0 Å². The van der Waals surface area contributed by atoms with E-state index in [2.05, 4.69) is 0 Å². The molecule has 0 aliphatic carbocycles. The van der Waals surface area contributed by atoms with Crippen LogP contribution in [0, 0.1) is 10.1 Å². The number of sulfonamides is 1. The quantitative estimate of drug-likeness (QED) is 0.577. The number of nitrogens with zero attached hydrogens (tertiary/aromatic N) is 1. The highest BCUT2D eigenvalue weighted by Crippen LogP contribution is 2.29. The van der Waals surface area contributed by atoms with Crippen molar-refractivity contribution in [1.29, 1.82) is 0 Å². The number of nitrogens with one attached hydrogen (secondary N) is 2. The van der Waals surface area contributed by atoms with Crippen LogP contribution in [0.15, 0.2) is 47.4 Å². The first-order valence-corrected chi connectivity index (χ1v) is 8.51. The van der Waals surface area contributed by atoms with Gasteiger partial charge in [-0.2, -0.15) is 0 Å². The summed E-state index contributed by atoms with van der Waals surface area (Å²) in [5.74, 6) is -0.808. The highest BCUT2D eigenvalue weighted by atomic mass is 35.5. The molecular formula is C14H12ClN3O6S. The number of carbonyl (C=O) groups is 1. The number of benzene rings is 2. The lowest BCUT2D eigenvalue weighted by Gasteiger charge is -2.09. The minimum absolute atomic E-state index is 0.0888. The van der Waals surface area contributed by atoms with Crippen LogP contribution in [0.25, 0.3) is 0 Å². The van der Waals surface area contributed by atoms with Crippen LogP contribution in [0.4, 0.5) is 5.69 Å². The molecule has 0 spiro atoms. The first kappa shape index (κ1) is 18.6. The van der Waals surface area contributed by atoms with Gasteiger partial charge in [0.1, 0.15) is 0 Å². The summed E-state index contributed by atoms with van der Waals surface area (Å²) in [5.41, 5.74) is 1.67. The Labute approximate surface area is 147 Å². The van der Waals surface area contributed by atoms with E-state index >= 15 is 0 Å². The number of hydrazine groups is 1. The number of methoxy groups -OCH3 is 1. The van der Waals surface area contributed by atoms with Crippen molar-refractivity contribution in [1.82, 2.24) is 10.3 Å². The van der Waals surface area contributed by atoms with Crippen molar-refractivity contribution < 1.29 is 22.9 Å². The van der Waals surface area contributed by atoms with Gasteiger partial charge in [-0.05, 0) is 36.4 Å². The molecule has 0 bridgehead atoms. The normalized spacial score (nSPS) is 11.0. The second-order valence-corrected chi connectivity index (χ2v) is 6.78. The van der Waals surface area contributed by atoms with Crippen molar-refractivity contribution >= 4 is 33.2 Å². The van der Waals surface area contributed by atoms with Gasteiger partial charge in [-0.15, -0.1) is 4.83 Å². The molecule has 0 saturated heterocycles. The van der Waals surface area contributed by atoms with Crippen LogP contribution in [-0.2, 0) is 10.0 Å². The third-order valence-electron chi connectivity index (χ3n) is 3.06. The Hall–Kier alpha value is -2.69. The largest absolute Gasteiger partial charge is 0.490 e. The molecule has 2 rings (SSSR count). The average molecular weight is 386 g/mol. The van der Waals surface area contributed by atoms with E-state index in [1.165, 1.54) is 31.4 Å². The predicted molar refractivity (Wildman–Crippen MR) is 88.9 cm³/mol. The standard InChI is InChI=1S/C14H12ClN3O6S/c1-24-13-7-6-11(8-12(13)18(20)21)25(22,23)17-16-14(19)9-2-4-10(15)5-3-9/h2-8,17H,1H3,(H,16,19). The highest BCUT2D eigenvalue weighted by molar-refractivity contribution is 7.89. The molecule has 0 radical (unpaired) electrons. The number of carbonyl (C=O) groups excluding carboxylic acids is 1. The molecule has 2 aromatic carbocycles. The van der Waals surface area contributed by atoms with Crippen molar-refractivity contribution in [2.75, 3.05) is 7.11 Å². The van der Waals surface area contributed by atoms with Gasteiger partial charge in [0.25, 0.3) is 15.9 Å². The van der Waals surface area contributed by atoms with Gasteiger partial charge in [0.05, 0.1) is 16.9 Å². The van der Waals surface area contributed by atoms with Crippen LogP contribution >= 0.6 is 11.6 Å². The Kier molecular flexibility index (Phi) is 5.57. The lowest BCUT2D eigenvalue weighted by Crippen LogP contribution is -2.41. The molecule has 11 heteroatoms. The van der Waals surface area contributed by atoms with Gasteiger partial charge in [-0.25, -0.2) is 8.42 Å². The van der Waals surface area contributed by atoms with Gasteiger partial charge in [0.15, 0.2) is 5.75 Å². The van der Waals surface area contributed by atoms with E-state index in [1.54, 1.807) is 0 Å². The molecule has 2 N–H and O–H groups in total. The molecule has 0 aliphatic heterocycles. The van der Waals surface area contributed by atoms with Crippen LogP contribution in [0.1, 0.15) is 10.4 Å². The molecule has 0 aliphatic rings. The van der Waals surface area contributed by atoms with Crippen LogP contribution < -0.4 is 15.0 Å². The number of halogens is 1. The zero-order valence-electron chi connectivity index (χ0n) is 12.7. The van der Waals surface area contributed by atoms with E-state index in [9.17, 15) is 23.3 Å². The molecule has 0 saturated carbocycles. The summed E-state index contributed by atoms with van der Waals surface area (Å²) in [6, 6.07) is 8.84. The maximum Gasteiger partial charge on any atom is 0.312 e. The first-order chi connectivity index (χ1) is 11.7. The van der Waals surface area contributed by atoms with Crippen molar-refractivity contribution in [3.05, 3.63) is 63.2 Å². The third kappa shape index (κ3) is 4.44. The molecule has 132 valence electrons. The van der Waals surface area contributed by atoms with E-state index < -0.39 is 31.4 Å². The van der Waals surface area contributed by atoms with Crippen molar-refractivity contribution in [3.8, 4) is 5.75 Å². The van der Waals surface area contributed by atoms with E-state index in [1.807, 2.05) is 10.3 Å². The smallest absolute Gasteiger partial charge is 0.312 e. The SMILES string of the molecule is COc1ccc(S(=O)(=O)NNC(=O)c2ccc(Cl)cc2)cc1[N+](=O)[O-]. The van der Waals surface area contributed by atoms with E-state index in [0.717, 1.165) is 18.2 Å². The van der Waals surface area contributed by atoms with Crippen LogP contribution in [-0.4, -0.2) is 26.4 Å². The number of rotatable bonds is 6. The van der Waals surface area contributed by atoms with Gasteiger partial charge < -0.3 is 4.74 Å². The Morgan fingerprint density at radius 1 is 1.20 bits per heavy atom. The lowest BCUT2D eigenvalue weighted by atomic mass is 10.2. The number of hydrogen-bond acceptors (Lipinski definition) is 6. The maximum atomic E-state index is 12.2. The summed E-state index contributed by atoms with van der Waals surface area (Å²) in [6.45, 7) is 0. The molecular weight excluding hydrogens is 374 g/mol. The molecule has 2 aromatic rings. The zero-order chi connectivity index (χ0) is 18.6. The summed E-state index contributed by atoms with van der Waals surface area (Å²) in [7, 11) is -3.00. The monoisotopic (exact) mass is 385 g/mol. The van der Waals surface area contributed by atoms with E-state index in [0.29, 0.717) is 5.02 Å². The fourth-order valence-corrected chi connectivity index (χ4v) is 2.81. The van der Waals surface area contributed by atoms with E-state index in [-0.39, 0.29) is 11.3 Å². The first-order valence-electron chi connectivity index (χ1n) is 6.65. The van der Waals surface area contributed by atoms with Gasteiger partial charge in [0.2, 0.25) is 0 Å². The predicted octanol–water partition coefficient (Wildman–Crippen LogP) is 1.88. The molecule has 1 amide bonds. The van der Waals surface area contributed by atoms with Gasteiger partial charge in [0, 0.05) is 16.7 Å². The topological polar surface area (TPSA) is 128 Å². The molecule has 0 heterocycles. The molecule has 0 atom stereocenters. The number of ether oxygens (including phenoxy) is 1. The zero-order valence-corrected chi connectivity index (χ0v) is 14.3. The second-order valence-electron chi connectivity index (χ2n) is 4.66. The van der Waals surface area contributed by atoms with Crippen LogP contribution in [0.5, 0.6) is 5.75 Å². The van der Waals surface area contributed by atoms with Crippen molar-refractivity contribution in [2.24, 2.45) is 0 Å². The minimum atomic E-state index is -4.22. The maximum absolute atomic E-state index is 12.2.